The Morgan fingerprint density at radius 2 is 2.00 bits per heavy atom. The van der Waals surface area contributed by atoms with Gasteiger partial charge in [-0.3, -0.25) is 0 Å². The molecule has 1 aromatic carbocycles. The lowest BCUT2D eigenvalue weighted by molar-refractivity contribution is 0.253. The summed E-state index contributed by atoms with van der Waals surface area (Å²) in [5, 5.41) is 3.71. The lowest BCUT2D eigenvalue weighted by Crippen LogP contribution is -2.34. The number of hydrogen-bond donors (Lipinski definition) is 1. The Bertz CT molecular complexity index is 389. The van der Waals surface area contributed by atoms with Crippen LogP contribution < -0.4 is 5.32 Å². The smallest absolute Gasteiger partial charge is 0.0345 e. The van der Waals surface area contributed by atoms with Gasteiger partial charge in [-0.25, -0.2) is 0 Å². The van der Waals surface area contributed by atoms with Gasteiger partial charge in [0.15, 0.2) is 0 Å². The Kier molecular flexibility index (Phi) is 4.13. The molecule has 0 radical (unpaired) electrons. The van der Waals surface area contributed by atoms with Crippen LogP contribution in [0.2, 0.25) is 0 Å². The number of nitrogens with one attached hydrogen (secondary N) is 1. The van der Waals surface area contributed by atoms with Crippen LogP contribution in [-0.4, -0.2) is 6.04 Å². The van der Waals surface area contributed by atoms with Crippen molar-refractivity contribution in [3.8, 4) is 0 Å². The minimum absolute atomic E-state index is 0.638. The molecule has 0 saturated heterocycles. The van der Waals surface area contributed by atoms with E-state index in [0.29, 0.717) is 6.04 Å². The number of rotatable bonds is 2. The first-order valence-corrected chi connectivity index (χ1v) is 7.40. The second kappa shape index (κ2) is 5.43. The third-order valence-electron chi connectivity index (χ3n) is 4.22. The van der Waals surface area contributed by atoms with Crippen molar-refractivity contribution in [3.63, 3.8) is 0 Å². The average molecular weight is 296 g/mol. The van der Waals surface area contributed by atoms with Gasteiger partial charge in [0.2, 0.25) is 0 Å². The molecule has 0 amide bonds. The van der Waals surface area contributed by atoms with Crippen molar-refractivity contribution in [3.05, 3.63) is 28.2 Å². The van der Waals surface area contributed by atoms with Crippen molar-refractivity contribution in [1.82, 2.24) is 0 Å². The summed E-state index contributed by atoms with van der Waals surface area (Å²) in [6.45, 7) is 6.90. The molecule has 1 aromatic rings. The van der Waals surface area contributed by atoms with E-state index in [-0.39, 0.29) is 0 Å². The van der Waals surface area contributed by atoms with E-state index in [9.17, 15) is 0 Å². The van der Waals surface area contributed by atoms with E-state index in [0.717, 1.165) is 11.8 Å². The Morgan fingerprint density at radius 1 is 1.24 bits per heavy atom. The van der Waals surface area contributed by atoms with E-state index in [4.69, 9.17) is 0 Å². The van der Waals surface area contributed by atoms with Crippen LogP contribution in [0, 0.1) is 18.8 Å². The molecule has 0 aliphatic heterocycles. The van der Waals surface area contributed by atoms with E-state index >= 15 is 0 Å². The van der Waals surface area contributed by atoms with Crippen molar-refractivity contribution >= 4 is 21.6 Å². The first kappa shape index (κ1) is 12.9. The summed E-state index contributed by atoms with van der Waals surface area (Å²) in [5.41, 5.74) is 2.56. The lowest BCUT2D eigenvalue weighted by atomic mass is 9.78. The standard InChI is InChI=1S/C15H22BrN/c1-10-5-4-6-15(12(10)3)17-13-7-8-14(16)11(2)9-13/h7-10,12,15,17H,4-6H2,1-3H3. The molecule has 0 bridgehead atoms. The summed E-state index contributed by atoms with van der Waals surface area (Å²) in [5.74, 6) is 1.62. The maximum absolute atomic E-state index is 3.71. The van der Waals surface area contributed by atoms with Gasteiger partial charge in [-0.15, -0.1) is 0 Å². The van der Waals surface area contributed by atoms with E-state index < -0.39 is 0 Å². The third-order valence-corrected chi connectivity index (χ3v) is 5.11. The van der Waals surface area contributed by atoms with E-state index in [1.807, 2.05) is 0 Å². The number of aryl methyl sites for hydroxylation is 1. The van der Waals surface area contributed by atoms with E-state index in [1.54, 1.807) is 0 Å². The first-order chi connectivity index (χ1) is 8.08. The highest BCUT2D eigenvalue weighted by molar-refractivity contribution is 9.10. The minimum atomic E-state index is 0.638. The number of hydrogen-bond acceptors (Lipinski definition) is 1. The summed E-state index contributed by atoms with van der Waals surface area (Å²) in [6.07, 6.45) is 4.05. The number of halogens is 1. The molecule has 94 valence electrons. The van der Waals surface area contributed by atoms with Gasteiger partial charge in [-0.05, 0) is 48.9 Å². The van der Waals surface area contributed by atoms with Gasteiger partial charge < -0.3 is 5.32 Å². The molecule has 1 saturated carbocycles. The Balaban J connectivity index is 2.07. The van der Waals surface area contributed by atoms with Gasteiger partial charge in [0.1, 0.15) is 0 Å². The van der Waals surface area contributed by atoms with Crippen LogP contribution in [0.3, 0.4) is 0 Å². The molecule has 0 spiro atoms. The third kappa shape index (κ3) is 3.04. The van der Waals surface area contributed by atoms with Crippen LogP contribution in [0.15, 0.2) is 22.7 Å². The molecular formula is C15H22BrN. The Morgan fingerprint density at radius 3 is 2.71 bits per heavy atom. The molecule has 0 aromatic heterocycles. The fourth-order valence-corrected chi connectivity index (χ4v) is 2.98. The van der Waals surface area contributed by atoms with Crippen LogP contribution in [-0.2, 0) is 0 Å². The Labute approximate surface area is 113 Å². The molecular weight excluding hydrogens is 274 g/mol. The quantitative estimate of drug-likeness (QED) is 0.810. The molecule has 1 N–H and O–H groups in total. The van der Waals surface area contributed by atoms with Crippen LogP contribution in [0.1, 0.15) is 38.7 Å². The average Bonchev–Trinajstić information content (AvgIpc) is 2.30. The van der Waals surface area contributed by atoms with Crippen LogP contribution in [0.5, 0.6) is 0 Å². The largest absolute Gasteiger partial charge is 0.382 e. The minimum Gasteiger partial charge on any atom is -0.382 e. The summed E-state index contributed by atoms with van der Waals surface area (Å²) in [6, 6.07) is 7.17. The summed E-state index contributed by atoms with van der Waals surface area (Å²) >= 11 is 3.55. The zero-order chi connectivity index (χ0) is 12.4. The molecule has 2 heteroatoms. The second-order valence-corrected chi connectivity index (χ2v) is 6.34. The van der Waals surface area contributed by atoms with Crippen LogP contribution in [0.25, 0.3) is 0 Å². The number of anilines is 1. The van der Waals surface area contributed by atoms with Crippen LogP contribution in [0.4, 0.5) is 5.69 Å². The molecule has 1 fully saturated rings. The van der Waals surface area contributed by atoms with Crippen molar-refractivity contribution < 1.29 is 0 Å². The molecule has 3 unspecified atom stereocenters. The van der Waals surface area contributed by atoms with Gasteiger partial charge in [0.05, 0.1) is 0 Å². The summed E-state index contributed by atoms with van der Waals surface area (Å²) in [7, 11) is 0. The van der Waals surface area contributed by atoms with Crippen molar-refractivity contribution in [2.75, 3.05) is 5.32 Å². The predicted molar refractivity (Wildman–Crippen MR) is 78.5 cm³/mol. The molecule has 17 heavy (non-hydrogen) atoms. The maximum Gasteiger partial charge on any atom is 0.0345 e. The fraction of sp³-hybridized carbons (Fsp3) is 0.600. The SMILES string of the molecule is Cc1cc(NC2CCCC(C)C2C)ccc1Br. The van der Waals surface area contributed by atoms with E-state index in [1.165, 1.54) is 35.0 Å². The van der Waals surface area contributed by atoms with Gasteiger partial charge in [-0.2, -0.15) is 0 Å². The highest BCUT2D eigenvalue weighted by Gasteiger charge is 2.26. The van der Waals surface area contributed by atoms with Gasteiger partial charge in [0, 0.05) is 16.2 Å². The topological polar surface area (TPSA) is 12.0 Å². The second-order valence-electron chi connectivity index (χ2n) is 5.48. The highest BCUT2D eigenvalue weighted by Crippen LogP contribution is 2.32. The predicted octanol–water partition coefficient (Wildman–Crippen LogP) is 4.99. The van der Waals surface area contributed by atoms with Crippen molar-refractivity contribution in [2.24, 2.45) is 11.8 Å². The monoisotopic (exact) mass is 295 g/mol. The zero-order valence-corrected chi connectivity index (χ0v) is 12.5. The van der Waals surface area contributed by atoms with Crippen LogP contribution >= 0.6 is 15.9 Å². The van der Waals surface area contributed by atoms with Crippen molar-refractivity contribution in [2.45, 2.75) is 46.1 Å². The normalized spacial score (nSPS) is 29.1. The lowest BCUT2D eigenvalue weighted by Gasteiger charge is -2.35. The molecule has 1 aliphatic carbocycles. The van der Waals surface area contributed by atoms with Gasteiger partial charge in [-0.1, -0.05) is 42.6 Å². The summed E-state index contributed by atoms with van der Waals surface area (Å²) in [4.78, 5) is 0. The molecule has 3 atom stereocenters. The Hall–Kier alpha value is -0.500. The maximum atomic E-state index is 3.71. The van der Waals surface area contributed by atoms with Crippen molar-refractivity contribution in [1.29, 1.82) is 0 Å². The van der Waals surface area contributed by atoms with E-state index in [2.05, 4.69) is 60.2 Å². The molecule has 0 heterocycles. The molecule has 1 nitrogen and oxygen atoms in total. The molecule has 1 aliphatic rings. The highest BCUT2D eigenvalue weighted by atomic mass is 79.9. The fourth-order valence-electron chi connectivity index (χ4n) is 2.73. The van der Waals surface area contributed by atoms with Gasteiger partial charge >= 0.3 is 0 Å². The first-order valence-electron chi connectivity index (χ1n) is 6.60. The number of benzene rings is 1. The summed E-state index contributed by atoms with van der Waals surface area (Å²) < 4.78 is 1.19. The zero-order valence-electron chi connectivity index (χ0n) is 11.0. The van der Waals surface area contributed by atoms with Gasteiger partial charge in [0.25, 0.3) is 0 Å². The molecule has 2 rings (SSSR count).